The SMILES string of the molecule is CCOC(=O)CC(P)C(=O)OCC. The van der Waals surface area contributed by atoms with Crippen molar-refractivity contribution in [2.24, 2.45) is 0 Å². The molecule has 76 valence electrons. The lowest BCUT2D eigenvalue weighted by molar-refractivity contribution is -0.149. The van der Waals surface area contributed by atoms with E-state index in [4.69, 9.17) is 4.74 Å². The molecule has 0 aliphatic carbocycles. The molecule has 0 saturated carbocycles. The topological polar surface area (TPSA) is 52.6 Å². The van der Waals surface area contributed by atoms with E-state index in [1.165, 1.54) is 0 Å². The second-order valence-corrected chi connectivity index (χ2v) is 3.17. The lowest BCUT2D eigenvalue weighted by Gasteiger charge is -2.08. The highest BCUT2D eigenvalue weighted by atomic mass is 31.0. The lowest BCUT2D eigenvalue weighted by Crippen LogP contribution is -2.21. The van der Waals surface area contributed by atoms with E-state index in [9.17, 15) is 9.59 Å². The molecule has 0 N–H and O–H groups in total. The fourth-order valence-corrected chi connectivity index (χ4v) is 1.02. The number of rotatable bonds is 5. The molecule has 0 rings (SSSR count). The molecule has 0 fully saturated rings. The van der Waals surface area contributed by atoms with Crippen molar-refractivity contribution in [2.45, 2.75) is 25.9 Å². The first-order valence-electron chi connectivity index (χ1n) is 4.19. The average molecular weight is 206 g/mol. The van der Waals surface area contributed by atoms with Crippen molar-refractivity contribution >= 4 is 21.2 Å². The molecule has 0 aliphatic heterocycles. The molecule has 0 radical (unpaired) electrons. The van der Waals surface area contributed by atoms with Gasteiger partial charge in [0.2, 0.25) is 0 Å². The second kappa shape index (κ2) is 6.84. The maximum absolute atomic E-state index is 11.0. The molecule has 0 bridgehead atoms. The summed E-state index contributed by atoms with van der Waals surface area (Å²) in [5, 5.41) is 0. The molecule has 0 spiro atoms. The maximum atomic E-state index is 11.0. The van der Waals surface area contributed by atoms with Gasteiger partial charge in [-0.2, -0.15) is 0 Å². The van der Waals surface area contributed by atoms with Crippen LogP contribution in [0.25, 0.3) is 0 Å². The van der Waals surface area contributed by atoms with E-state index in [1.54, 1.807) is 13.8 Å². The molecule has 4 nitrogen and oxygen atoms in total. The molecule has 2 atom stereocenters. The summed E-state index contributed by atoms with van der Waals surface area (Å²) >= 11 is 0. The first-order chi connectivity index (χ1) is 6.11. The van der Waals surface area contributed by atoms with Crippen molar-refractivity contribution in [1.82, 2.24) is 0 Å². The average Bonchev–Trinajstić information content (AvgIpc) is 2.05. The van der Waals surface area contributed by atoms with Gasteiger partial charge in [0, 0.05) is 0 Å². The minimum atomic E-state index is -0.501. The van der Waals surface area contributed by atoms with Crippen LogP contribution in [0.4, 0.5) is 0 Å². The summed E-state index contributed by atoms with van der Waals surface area (Å²) < 4.78 is 9.40. The minimum absolute atomic E-state index is 0.0529. The number of hydrogen-bond acceptors (Lipinski definition) is 4. The van der Waals surface area contributed by atoms with Crippen molar-refractivity contribution in [3.05, 3.63) is 0 Å². The van der Waals surface area contributed by atoms with Gasteiger partial charge in [-0.05, 0) is 13.8 Å². The van der Waals surface area contributed by atoms with Gasteiger partial charge in [-0.15, -0.1) is 9.24 Å². The van der Waals surface area contributed by atoms with E-state index in [0.717, 1.165) is 0 Å². The van der Waals surface area contributed by atoms with Crippen molar-refractivity contribution < 1.29 is 19.1 Å². The van der Waals surface area contributed by atoms with Crippen LogP contribution in [0.1, 0.15) is 20.3 Å². The van der Waals surface area contributed by atoms with Gasteiger partial charge in [-0.3, -0.25) is 9.59 Å². The number of ether oxygens (including phenoxy) is 2. The Kier molecular flexibility index (Phi) is 6.51. The molecule has 0 heterocycles. The number of hydrogen-bond donors (Lipinski definition) is 0. The van der Waals surface area contributed by atoms with Gasteiger partial charge in [0.25, 0.3) is 0 Å². The van der Waals surface area contributed by atoms with Crippen molar-refractivity contribution in [3.8, 4) is 0 Å². The standard InChI is InChI=1S/C8H15O4P/c1-3-11-7(9)5-6(13)8(10)12-4-2/h6H,3-5,13H2,1-2H3. The van der Waals surface area contributed by atoms with Crippen molar-refractivity contribution in [1.29, 1.82) is 0 Å². The predicted molar refractivity (Wildman–Crippen MR) is 51.4 cm³/mol. The summed E-state index contributed by atoms with van der Waals surface area (Å²) in [7, 11) is 2.27. The van der Waals surface area contributed by atoms with Crippen LogP contribution < -0.4 is 0 Å². The number of esters is 2. The zero-order chi connectivity index (χ0) is 10.3. The van der Waals surface area contributed by atoms with Gasteiger partial charge < -0.3 is 9.47 Å². The van der Waals surface area contributed by atoms with Gasteiger partial charge >= 0.3 is 11.9 Å². The fraction of sp³-hybridized carbons (Fsp3) is 0.750. The highest BCUT2D eigenvalue weighted by molar-refractivity contribution is 7.19. The molecular formula is C8H15O4P. The third kappa shape index (κ3) is 5.58. The molecule has 13 heavy (non-hydrogen) atoms. The molecule has 0 aromatic heterocycles. The summed E-state index contributed by atoms with van der Waals surface area (Å²) in [4.78, 5) is 22.0. The Balaban J connectivity index is 3.78. The van der Waals surface area contributed by atoms with Crippen LogP contribution >= 0.6 is 9.24 Å². The Morgan fingerprint density at radius 2 is 1.77 bits per heavy atom. The second-order valence-electron chi connectivity index (χ2n) is 2.37. The zero-order valence-corrected chi connectivity index (χ0v) is 9.06. The summed E-state index contributed by atoms with van der Waals surface area (Å²) in [6.45, 7) is 4.10. The summed E-state index contributed by atoms with van der Waals surface area (Å²) in [6.07, 6.45) is 0.0529. The first-order valence-corrected chi connectivity index (χ1v) is 4.86. The Morgan fingerprint density at radius 3 is 2.23 bits per heavy atom. The van der Waals surface area contributed by atoms with Crippen LogP contribution in [0.5, 0.6) is 0 Å². The van der Waals surface area contributed by atoms with Crippen LogP contribution in [0.3, 0.4) is 0 Å². The van der Waals surface area contributed by atoms with E-state index in [-0.39, 0.29) is 18.4 Å². The number of carbonyl (C=O) groups is 2. The van der Waals surface area contributed by atoms with Crippen LogP contribution in [-0.4, -0.2) is 30.8 Å². The molecule has 0 aromatic carbocycles. The van der Waals surface area contributed by atoms with Gasteiger partial charge in [0.1, 0.15) is 0 Å². The van der Waals surface area contributed by atoms with Crippen LogP contribution in [0.2, 0.25) is 0 Å². The summed E-state index contributed by atoms with van der Waals surface area (Å²) in [6, 6.07) is 0. The molecule has 0 aromatic rings. The fourth-order valence-electron chi connectivity index (χ4n) is 0.732. The van der Waals surface area contributed by atoms with E-state index < -0.39 is 5.66 Å². The van der Waals surface area contributed by atoms with Crippen LogP contribution in [0.15, 0.2) is 0 Å². The molecule has 5 heteroatoms. The van der Waals surface area contributed by atoms with E-state index in [1.807, 2.05) is 0 Å². The molecule has 0 amide bonds. The largest absolute Gasteiger partial charge is 0.466 e. The van der Waals surface area contributed by atoms with E-state index in [0.29, 0.717) is 13.2 Å². The third-order valence-corrected chi connectivity index (χ3v) is 1.79. The highest BCUT2D eigenvalue weighted by Crippen LogP contribution is 2.08. The zero-order valence-electron chi connectivity index (χ0n) is 7.91. The normalized spacial score (nSPS) is 11.9. The molecular weight excluding hydrogens is 191 g/mol. The smallest absolute Gasteiger partial charge is 0.313 e. The summed E-state index contributed by atoms with van der Waals surface area (Å²) in [5.41, 5.74) is -0.501. The maximum Gasteiger partial charge on any atom is 0.313 e. The van der Waals surface area contributed by atoms with E-state index in [2.05, 4.69) is 14.0 Å². The monoisotopic (exact) mass is 206 g/mol. The Labute approximate surface area is 80.2 Å². The Hall–Kier alpha value is -0.630. The van der Waals surface area contributed by atoms with Crippen LogP contribution in [-0.2, 0) is 19.1 Å². The van der Waals surface area contributed by atoms with Gasteiger partial charge in [0.15, 0.2) is 0 Å². The molecule has 2 unspecified atom stereocenters. The van der Waals surface area contributed by atoms with Crippen molar-refractivity contribution in [2.75, 3.05) is 13.2 Å². The molecule has 0 saturated heterocycles. The Bertz CT molecular complexity index is 181. The van der Waals surface area contributed by atoms with Gasteiger partial charge in [-0.1, -0.05) is 0 Å². The minimum Gasteiger partial charge on any atom is -0.466 e. The Morgan fingerprint density at radius 1 is 1.23 bits per heavy atom. The first kappa shape index (κ1) is 12.4. The highest BCUT2D eigenvalue weighted by Gasteiger charge is 2.18. The molecule has 0 aliphatic rings. The van der Waals surface area contributed by atoms with Crippen molar-refractivity contribution in [3.63, 3.8) is 0 Å². The van der Waals surface area contributed by atoms with Gasteiger partial charge in [-0.25, -0.2) is 0 Å². The summed E-state index contributed by atoms with van der Waals surface area (Å²) in [5.74, 6) is -0.767. The number of carbonyl (C=O) groups excluding carboxylic acids is 2. The van der Waals surface area contributed by atoms with E-state index >= 15 is 0 Å². The predicted octanol–water partition coefficient (Wildman–Crippen LogP) is 0.746. The quantitative estimate of drug-likeness (QED) is 0.492. The third-order valence-electron chi connectivity index (χ3n) is 1.28. The lowest BCUT2D eigenvalue weighted by atomic mass is 10.3. The van der Waals surface area contributed by atoms with Crippen LogP contribution in [0, 0.1) is 0 Å². The van der Waals surface area contributed by atoms with Gasteiger partial charge in [0.05, 0.1) is 25.3 Å².